The fourth-order valence-electron chi connectivity index (χ4n) is 3.21. The number of halogens is 1. The molecule has 1 saturated heterocycles. The average Bonchev–Trinajstić information content (AvgIpc) is 3.21. The van der Waals surface area contributed by atoms with Crippen LogP contribution in [-0.4, -0.2) is 33.6 Å². The van der Waals surface area contributed by atoms with E-state index in [2.05, 4.69) is 9.97 Å². The highest BCUT2D eigenvalue weighted by atomic mass is 35.5. The van der Waals surface area contributed by atoms with Crippen LogP contribution >= 0.6 is 22.9 Å². The Morgan fingerprint density at radius 2 is 2.08 bits per heavy atom. The lowest BCUT2D eigenvalue weighted by Gasteiger charge is -2.23. The minimum absolute atomic E-state index is 0.148. The fraction of sp³-hybridized carbons (Fsp3) is 0.235. The molecule has 0 amide bonds. The molecule has 0 saturated carbocycles. The molecule has 1 unspecified atom stereocenters. The molecular weight excluding hydrogens is 346 g/mol. The highest BCUT2D eigenvalue weighted by molar-refractivity contribution is 7.17. The number of hydrogen-bond acceptors (Lipinski definition) is 5. The van der Waals surface area contributed by atoms with Crippen LogP contribution in [0.15, 0.2) is 35.7 Å². The molecule has 1 aliphatic rings. The standard InChI is InChI=1S/C17H14ClN3O2S/c18-17-19-14(21-8-4-7-12(21)16(22)23)13-11(9-24-15(13)20-17)10-5-2-1-3-6-10/h1-3,5-6,9,12H,4,7-8H2,(H,22,23). The van der Waals surface area contributed by atoms with Crippen LogP contribution < -0.4 is 4.90 Å². The first kappa shape index (κ1) is 15.4. The van der Waals surface area contributed by atoms with Crippen molar-refractivity contribution in [2.45, 2.75) is 18.9 Å². The minimum atomic E-state index is -0.827. The van der Waals surface area contributed by atoms with Gasteiger partial charge in [-0.1, -0.05) is 30.3 Å². The van der Waals surface area contributed by atoms with Crippen LogP contribution in [0.4, 0.5) is 5.82 Å². The molecule has 1 atom stereocenters. The van der Waals surface area contributed by atoms with Crippen molar-refractivity contribution in [3.8, 4) is 11.1 Å². The van der Waals surface area contributed by atoms with Crippen molar-refractivity contribution < 1.29 is 9.90 Å². The first-order chi connectivity index (χ1) is 11.6. The van der Waals surface area contributed by atoms with Crippen LogP contribution in [0.1, 0.15) is 12.8 Å². The molecule has 1 N–H and O–H groups in total. The van der Waals surface area contributed by atoms with Gasteiger partial charge in [0, 0.05) is 17.5 Å². The van der Waals surface area contributed by atoms with Crippen molar-refractivity contribution in [3.63, 3.8) is 0 Å². The number of benzene rings is 1. The number of carboxylic acid groups (broad SMARTS) is 1. The van der Waals surface area contributed by atoms with Gasteiger partial charge in [0.2, 0.25) is 5.28 Å². The maximum absolute atomic E-state index is 11.6. The lowest BCUT2D eigenvalue weighted by molar-refractivity contribution is -0.138. The van der Waals surface area contributed by atoms with E-state index in [9.17, 15) is 9.90 Å². The molecule has 4 rings (SSSR count). The number of nitrogens with zero attached hydrogens (tertiary/aromatic N) is 3. The molecule has 0 bridgehead atoms. The molecular formula is C17H14ClN3O2S. The van der Waals surface area contributed by atoms with Gasteiger partial charge in [-0.3, -0.25) is 0 Å². The van der Waals surface area contributed by atoms with Gasteiger partial charge in [0.25, 0.3) is 0 Å². The highest BCUT2D eigenvalue weighted by Gasteiger charge is 2.33. The summed E-state index contributed by atoms with van der Waals surface area (Å²) in [5.74, 6) is -0.207. The lowest BCUT2D eigenvalue weighted by atomic mass is 10.1. The molecule has 7 heteroatoms. The van der Waals surface area contributed by atoms with Gasteiger partial charge in [0.15, 0.2) is 0 Å². The lowest BCUT2D eigenvalue weighted by Crippen LogP contribution is -2.36. The average molecular weight is 360 g/mol. The monoisotopic (exact) mass is 359 g/mol. The van der Waals surface area contributed by atoms with Crippen molar-refractivity contribution in [2.75, 3.05) is 11.4 Å². The summed E-state index contributed by atoms with van der Waals surface area (Å²) in [7, 11) is 0. The van der Waals surface area contributed by atoms with E-state index >= 15 is 0 Å². The number of carbonyl (C=O) groups is 1. The summed E-state index contributed by atoms with van der Waals surface area (Å²) in [5, 5.41) is 12.6. The van der Waals surface area contributed by atoms with Crippen molar-refractivity contribution in [1.82, 2.24) is 9.97 Å². The molecule has 24 heavy (non-hydrogen) atoms. The molecule has 3 aromatic rings. The summed E-state index contributed by atoms with van der Waals surface area (Å²) in [6, 6.07) is 9.41. The Bertz CT molecular complexity index is 913. The Hall–Kier alpha value is -2.18. The molecule has 1 aliphatic heterocycles. The van der Waals surface area contributed by atoms with E-state index in [4.69, 9.17) is 11.6 Å². The van der Waals surface area contributed by atoms with E-state index in [1.165, 1.54) is 11.3 Å². The largest absolute Gasteiger partial charge is 0.480 e. The number of thiophene rings is 1. The van der Waals surface area contributed by atoms with Gasteiger partial charge < -0.3 is 10.0 Å². The van der Waals surface area contributed by atoms with Crippen molar-refractivity contribution in [1.29, 1.82) is 0 Å². The van der Waals surface area contributed by atoms with Gasteiger partial charge in [-0.25, -0.2) is 9.78 Å². The van der Waals surface area contributed by atoms with Crippen LogP contribution in [0.25, 0.3) is 21.3 Å². The summed E-state index contributed by atoms with van der Waals surface area (Å²) < 4.78 is 0. The topological polar surface area (TPSA) is 66.3 Å². The zero-order valence-corrected chi connectivity index (χ0v) is 14.2. The van der Waals surface area contributed by atoms with Gasteiger partial charge in [-0.2, -0.15) is 4.98 Å². The van der Waals surface area contributed by atoms with E-state index in [-0.39, 0.29) is 5.28 Å². The predicted octanol–water partition coefficient (Wildman–Crippen LogP) is 4.07. The molecule has 0 radical (unpaired) electrons. The number of aromatic nitrogens is 2. The highest BCUT2D eigenvalue weighted by Crippen LogP contribution is 2.40. The van der Waals surface area contributed by atoms with Crippen molar-refractivity contribution >= 4 is 44.9 Å². The van der Waals surface area contributed by atoms with Gasteiger partial charge in [0.05, 0.1) is 5.39 Å². The summed E-state index contributed by atoms with van der Waals surface area (Å²) in [4.78, 5) is 22.9. The number of rotatable bonds is 3. The zero-order valence-electron chi connectivity index (χ0n) is 12.6. The van der Waals surface area contributed by atoms with E-state index < -0.39 is 12.0 Å². The number of hydrogen-bond donors (Lipinski definition) is 1. The quantitative estimate of drug-likeness (QED) is 0.714. The van der Waals surface area contributed by atoms with E-state index in [1.54, 1.807) is 0 Å². The van der Waals surface area contributed by atoms with Gasteiger partial charge in [0.1, 0.15) is 16.7 Å². The third-order valence-electron chi connectivity index (χ3n) is 4.28. The maximum Gasteiger partial charge on any atom is 0.326 e. The van der Waals surface area contributed by atoms with Crippen molar-refractivity contribution in [3.05, 3.63) is 41.0 Å². The van der Waals surface area contributed by atoms with Crippen LogP contribution in [0.3, 0.4) is 0 Å². The van der Waals surface area contributed by atoms with Crippen LogP contribution in [0.5, 0.6) is 0 Å². The SMILES string of the molecule is O=C(O)C1CCCN1c1nc(Cl)nc2scc(-c3ccccc3)c12. The Kier molecular flexibility index (Phi) is 3.86. The second kappa shape index (κ2) is 6.03. The third-order valence-corrected chi connectivity index (χ3v) is 5.32. The predicted molar refractivity (Wildman–Crippen MR) is 95.9 cm³/mol. The zero-order chi connectivity index (χ0) is 16.7. The first-order valence-electron chi connectivity index (χ1n) is 7.65. The Morgan fingerprint density at radius 1 is 1.29 bits per heavy atom. The summed E-state index contributed by atoms with van der Waals surface area (Å²) in [5.41, 5.74) is 2.07. The smallest absolute Gasteiger partial charge is 0.326 e. The number of aliphatic carboxylic acids is 1. The van der Waals surface area contributed by atoms with Crippen LogP contribution in [-0.2, 0) is 4.79 Å². The number of carboxylic acids is 1. The van der Waals surface area contributed by atoms with Crippen LogP contribution in [0.2, 0.25) is 5.28 Å². The molecule has 3 heterocycles. The Balaban J connectivity index is 1.94. The third kappa shape index (κ3) is 2.52. The molecule has 122 valence electrons. The molecule has 0 aliphatic carbocycles. The Morgan fingerprint density at radius 3 is 2.83 bits per heavy atom. The minimum Gasteiger partial charge on any atom is -0.480 e. The van der Waals surface area contributed by atoms with E-state index in [1.807, 2.05) is 40.6 Å². The molecule has 1 aromatic carbocycles. The summed E-state index contributed by atoms with van der Waals surface area (Å²) in [6.07, 6.45) is 1.44. The first-order valence-corrected chi connectivity index (χ1v) is 8.90. The number of anilines is 1. The molecule has 5 nitrogen and oxygen atoms in total. The van der Waals surface area contributed by atoms with Crippen LogP contribution in [0, 0.1) is 0 Å². The van der Waals surface area contributed by atoms with Gasteiger partial charge in [-0.15, -0.1) is 11.3 Å². The maximum atomic E-state index is 11.6. The second-order valence-electron chi connectivity index (χ2n) is 5.70. The van der Waals surface area contributed by atoms with E-state index in [0.29, 0.717) is 18.8 Å². The second-order valence-corrected chi connectivity index (χ2v) is 6.90. The van der Waals surface area contributed by atoms with E-state index in [0.717, 1.165) is 27.8 Å². The Labute approximate surface area is 147 Å². The normalized spacial score (nSPS) is 17.5. The number of fused-ring (bicyclic) bond motifs is 1. The summed E-state index contributed by atoms with van der Waals surface area (Å²) in [6.45, 7) is 0.656. The molecule has 0 spiro atoms. The van der Waals surface area contributed by atoms with Gasteiger partial charge in [-0.05, 0) is 30.0 Å². The fourth-order valence-corrected chi connectivity index (χ4v) is 4.37. The van der Waals surface area contributed by atoms with Crippen molar-refractivity contribution in [2.24, 2.45) is 0 Å². The summed E-state index contributed by atoms with van der Waals surface area (Å²) >= 11 is 7.59. The molecule has 1 fully saturated rings. The van der Waals surface area contributed by atoms with Gasteiger partial charge >= 0.3 is 5.97 Å². The molecule has 2 aromatic heterocycles.